The molecule has 2 fully saturated rings. The molecule has 8 nitrogen and oxygen atoms in total. The number of phenols is 1. The first-order valence-electron chi connectivity index (χ1n) is 6.70. The summed E-state index contributed by atoms with van der Waals surface area (Å²) in [6, 6.07) is 2.47. The summed E-state index contributed by atoms with van der Waals surface area (Å²) in [5.74, 6) is -2.19. The summed E-state index contributed by atoms with van der Waals surface area (Å²) in [6.07, 6.45) is 0. The van der Waals surface area contributed by atoms with Gasteiger partial charge < -0.3 is 15.3 Å². The van der Waals surface area contributed by atoms with Crippen LogP contribution in [-0.4, -0.2) is 52.2 Å². The van der Waals surface area contributed by atoms with Gasteiger partial charge in [0.15, 0.2) is 5.82 Å². The number of anilines is 2. The van der Waals surface area contributed by atoms with E-state index < -0.39 is 39.9 Å². The van der Waals surface area contributed by atoms with E-state index in [4.69, 9.17) is 0 Å². The van der Waals surface area contributed by atoms with Crippen molar-refractivity contribution in [3.05, 3.63) is 17.9 Å². The fourth-order valence-corrected chi connectivity index (χ4v) is 3.74. The number of rotatable bonds is 2. The fraction of sp³-hybridized carbons (Fsp3) is 0.417. The molecular weight excluding hydrogens is 315 g/mol. The zero-order valence-electron chi connectivity index (χ0n) is 11.5. The van der Waals surface area contributed by atoms with Crippen LogP contribution in [0.3, 0.4) is 0 Å². The second kappa shape index (κ2) is 5.29. The molecule has 3 rings (SSSR count). The van der Waals surface area contributed by atoms with E-state index >= 15 is 0 Å². The Kier molecular flexibility index (Phi) is 3.57. The average Bonchev–Trinajstić information content (AvgIpc) is 2.72. The molecule has 2 aliphatic rings. The average molecular weight is 330 g/mol. The van der Waals surface area contributed by atoms with Gasteiger partial charge in [-0.1, -0.05) is 0 Å². The number of hydrogen-bond donors (Lipinski definition) is 3. The molecule has 0 unspecified atom stereocenters. The third-order valence-electron chi connectivity index (χ3n) is 3.58. The van der Waals surface area contributed by atoms with E-state index in [0.29, 0.717) is 23.1 Å². The van der Waals surface area contributed by atoms with Gasteiger partial charge in [-0.25, -0.2) is 13.4 Å². The molecule has 3 N–H and O–H groups in total. The van der Waals surface area contributed by atoms with E-state index in [1.54, 1.807) is 4.72 Å². The highest BCUT2D eigenvalue weighted by Gasteiger charge is 2.37. The molecule has 1 aromatic carbocycles. The molecule has 10 heteroatoms. The van der Waals surface area contributed by atoms with Crippen LogP contribution in [0.15, 0.2) is 12.1 Å². The maximum atomic E-state index is 14.3. The van der Waals surface area contributed by atoms with Crippen molar-refractivity contribution in [2.24, 2.45) is 0 Å². The summed E-state index contributed by atoms with van der Waals surface area (Å²) < 4.78 is 40.1. The smallest absolute Gasteiger partial charge is 0.326 e. The maximum Gasteiger partial charge on any atom is 0.326 e. The maximum absolute atomic E-state index is 14.3. The highest BCUT2D eigenvalue weighted by Crippen LogP contribution is 2.37. The molecule has 22 heavy (non-hydrogen) atoms. The van der Waals surface area contributed by atoms with Crippen LogP contribution in [0.2, 0.25) is 0 Å². The SMILES string of the molecule is O=C1CN(c2c(O)cc(N3CCNCC3)cc2F)S(=O)(=O)N1. The van der Waals surface area contributed by atoms with Gasteiger partial charge in [-0.3, -0.25) is 4.79 Å². The summed E-state index contributed by atoms with van der Waals surface area (Å²) in [5, 5.41) is 13.2. The first kappa shape index (κ1) is 14.9. The number of benzene rings is 1. The van der Waals surface area contributed by atoms with Crippen molar-refractivity contribution >= 4 is 27.5 Å². The number of hydrogen-bond acceptors (Lipinski definition) is 6. The Labute approximate surface area is 126 Å². The minimum atomic E-state index is -4.16. The van der Waals surface area contributed by atoms with Gasteiger partial charge in [0.1, 0.15) is 18.0 Å². The lowest BCUT2D eigenvalue weighted by molar-refractivity contribution is -0.117. The zero-order valence-corrected chi connectivity index (χ0v) is 12.4. The summed E-state index contributed by atoms with van der Waals surface area (Å²) in [6.45, 7) is 2.23. The lowest BCUT2D eigenvalue weighted by Crippen LogP contribution is -2.43. The van der Waals surface area contributed by atoms with Crippen molar-refractivity contribution in [1.82, 2.24) is 10.0 Å². The quantitative estimate of drug-likeness (QED) is 0.651. The first-order chi connectivity index (χ1) is 10.4. The molecule has 2 saturated heterocycles. The molecule has 0 radical (unpaired) electrons. The highest BCUT2D eigenvalue weighted by molar-refractivity contribution is 7.92. The van der Waals surface area contributed by atoms with Gasteiger partial charge in [0.25, 0.3) is 5.91 Å². The Balaban J connectivity index is 1.98. The largest absolute Gasteiger partial charge is 0.506 e. The number of carbonyl (C=O) groups is 1. The number of carbonyl (C=O) groups excluding carboxylic acids is 1. The van der Waals surface area contributed by atoms with Crippen LogP contribution in [0.5, 0.6) is 5.75 Å². The van der Waals surface area contributed by atoms with E-state index in [0.717, 1.165) is 13.1 Å². The Morgan fingerprint density at radius 3 is 2.45 bits per heavy atom. The van der Waals surface area contributed by atoms with E-state index in [1.165, 1.54) is 12.1 Å². The molecule has 1 aromatic rings. The molecule has 2 heterocycles. The van der Waals surface area contributed by atoms with E-state index in [-0.39, 0.29) is 0 Å². The van der Waals surface area contributed by atoms with Crippen molar-refractivity contribution in [2.45, 2.75) is 0 Å². The lowest BCUT2D eigenvalue weighted by Gasteiger charge is -2.30. The summed E-state index contributed by atoms with van der Waals surface area (Å²) in [7, 11) is -4.16. The van der Waals surface area contributed by atoms with Crippen molar-refractivity contribution in [2.75, 3.05) is 41.9 Å². The molecule has 0 atom stereocenters. The van der Waals surface area contributed by atoms with Crippen LogP contribution >= 0.6 is 0 Å². The predicted octanol–water partition coefficient (Wildman–Crippen LogP) is -0.878. The van der Waals surface area contributed by atoms with Gasteiger partial charge >= 0.3 is 10.2 Å². The first-order valence-corrected chi connectivity index (χ1v) is 8.14. The highest BCUT2D eigenvalue weighted by atomic mass is 32.2. The number of amides is 1. The lowest BCUT2D eigenvalue weighted by atomic mass is 10.2. The summed E-state index contributed by atoms with van der Waals surface area (Å²) >= 11 is 0. The third kappa shape index (κ3) is 2.55. The Morgan fingerprint density at radius 2 is 1.91 bits per heavy atom. The second-order valence-corrected chi connectivity index (χ2v) is 6.66. The topological polar surface area (TPSA) is 102 Å². The van der Waals surface area contributed by atoms with Crippen molar-refractivity contribution in [3.8, 4) is 5.75 Å². The molecule has 1 amide bonds. The molecule has 120 valence electrons. The van der Waals surface area contributed by atoms with E-state index in [2.05, 4.69) is 5.32 Å². The normalized spacial score (nSPS) is 21.0. The molecule has 0 bridgehead atoms. The van der Waals surface area contributed by atoms with Gasteiger partial charge in [-0.2, -0.15) is 8.42 Å². The Bertz CT molecular complexity index is 695. The fourth-order valence-electron chi connectivity index (χ4n) is 2.57. The summed E-state index contributed by atoms with van der Waals surface area (Å²) in [4.78, 5) is 13.1. The molecule has 2 aliphatic heterocycles. The third-order valence-corrected chi connectivity index (χ3v) is 4.96. The van der Waals surface area contributed by atoms with Crippen LogP contribution in [0.4, 0.5) is 15.8 Å². The van der Waals surface area contributed by atoms with Crippen LogP contribution in [0.1, 0.15) is 0 Å². The number of halogens is 1. The standard InChI is InChI=1S/C12H15FN4O4S/c13-9-5-8(16-3-1-14-2-4-16)6-10(18)12(9)17-7-11(19)15-22(17,20)21/h5-6,14,18H,1-4,7H2,(H,15,19). The number of phenolic OH excluding ortho intramolecular Hbond substituents is 1. The van der Waals surface area contributed by atoms with Crippen molar-refractivity contribution in [3.63, 3.8) is 0 Å². The Hall–Kier alpha value is -2.07. The van der Waals surface area contributed by atoms with Crippen molar-refractivity contribution in [1.29, 1.82) is 0 Å². The van der Waals surface area contributed by atoms with Crippen LogP contribution in [0, 0.1) is 5.82 Å². The number of nitrogens with one attached hydrogen (secondary N) is 2. The van der Waals surface area contributed by atoms with Gasteiger partial charge in [0.05, 0.1) is 0 Å². The van der Waals surface area contributed by atoms with Crippen LogP contribution in [0.25, 0.3) is 0 Å². The Morgan fingerprint density at radius 1 is 1.23 bits per heavy atom. The van der Waals surface area contributed by atoms with Gasteiger partial charge in [0.2, 0.25) is 0 Å². The monoisotopic (exact) mass is 330 g/mol. The van der Waals surface area contributed by atoms with Gasteiger partial charge in [0, 0.05) is 37.9 Å². The molecule has 0 saturated carbocycles. The van der Waals surface area contributed by atoms with E-state index in [9.17, 15) is 22.7 Å². The number of aromatic hydroxyl groups is 1. The zero-order chi connectivity index (χ0) is 15.9. The minimum absolute atomic E-state index is 0.469. The van der Waals surface area contributed by atoms with Gasteiger partial charge in [-0.15, -0.1) is 0 Å². The van der Waals surface area contributed by atoms with Crippen LogP contribution in [-0.2, 0) is 15.0 Å². The number of piperazine rings is 1. The van der Waals surface area contributed by atoms with E-state index in [1.807, 2.05) is 4.90 Å². The summed E-state index contributed by atoms with van der Waals surface area (Å²) in [5.41, 5.74) is -0.0478. The molecular formula is C12H15FN4O4S. The molecule has 0 spiro atoms. The number of nitrogens with zero attached hydrogens (tertiary/aromatic N) is 2. The van der Waals surface area contributed by atoms with Crippen LogP contribution < -0.4 is 19.2 Å². The minimum Gasteiger partial charge on any atom is -0.506 e. The predicted molar refractivity (Wildman–Crippen MR) is 77.6 cm³/mol. The molecule has 0 aliphatic carbocycles. The molecule has 0 aromatic heterocycles. The van der Waals surface area contributed by atoms with Crippen molar-refractivity contribution < 1.29 is 22.7 Å². The van der Waals surface area contributed by atoms with Gasteiger partial charge in [-0.05, 0) is 6.07 Å². The second-order valence-electron chi connectivity index (χ2n) is 5.07.